The van der Waals surface area contributed by atoms with Gasteiger partial charge in [0, 0.05) is 34.0 Å². The summed E-state index contributed by atoms with van der Waals surface area (Å²) in [6.07, 6.45) is 6.68. The lowest BCUT2D eigenvalue weighted by Gasteiger charge is -2.11. The number of nitrogens with zero attached hydrogens (tertiary/aromatic N) is 2. The lowest BCUT2D eigenvalue weighted by Crippen LogP contribution is -2.12. The first-order valence-corrected chi connectivity index (χ1v) is 8.97. The Bertz CT molecular complexity index is 1120. The van der Waals surface area contributed by atoms with E-state index in [1.807, 2.05) is 36.4 Å². The van der Waals surface area contributed by atoms with Crippen LogP contribution in [0, 0.1) is 0 Å². The van der Waals surface area contributed by atoms with Crippen molar-refractivity contribution in [1.82, 2.24) is 15.0 Å². The zero-order valence-corrected chi connectivity index (χ0v) is 15.9. The molecule has 0 aliphatic heterocycles. The molecule has 0 unspecified atom stereocenters. The molecule has 4 aromatic rings. The number of carbonyl (C=O) groups is 1. The van der Waals surface area contributed by atoms with E-state index >= 15 is 0 Å². The van der Waals surface area contributed by atoms with E-state index in [-0.39, 0.29) is 5.91 Å². The molecule has 4 rings (SSSR count). The van der Waals surface area contributed by atoms with Gasteiger partial charge in [-0.3, -0.25) is 9.78 Å². The fourth-order valence-electron chi connectivity index (χ4n) is 2.87. The van der Waals surface area contributed by atoms with E-state index in [1.54, 1.807) is 31.9 Å². The third-order valence-electron chi connectivity index (χ3n) is 4.21. The number of anilines is 1. The molecule has 0 aliphatic carbocycles. The number of hydrogen-bond donors (Lipinski definition) is 2. The van der Waals surface area contributed by atoms with Crippen LogP contribution in [0.4, 0.5) is 5.69 Å². The zero-order chi connectivity index (χ0) is 18.8. The number of benzene rings is 1. The number of fused-ring (bicyclic) bond motifs is 1. The number of methoxy groups -OCH3 is 1. The average molecular weight is 423 g/mol. The Hall–Kier alpha value is -3.19. The maximum Gasteiger partial charge on any atom is 0.257 e. The molecule has 0 saturated carbocycles. The third kappa shape index (κ3) is 3.41. The highest BCUT2D eigenvalue weighted by Crippen LogP contribution is 2.29. The second-order valence-corrected chi connectivity index (χ2v) is 6.77. The van der Waals surface area contributed by atoms with E-state index in [4.69, 9.17) is 4.74 Å². The molecule has 6 nitrogen and oxygen atoms in total. The Morgan fingerprint density at radius 3 is 2.78 bits per heavy atom. The monoisotopic (exact) mass is 422 g/mol. The van der Waals surface area contributed by atoms with Crippen LogP contribution in [0.1, 0.15) is 10.4 Å². The summed E-state index contributed by atoms with van der Waals surface area (Å²) in [5, 5.41) is 3.70. The first-order chi connectivity index (χ1) is 13.2. The number of aromatic nitrogens is 3. The second-order valence-electron chi connectivity index (χ2n) is 5.86. The van der Waals surface area contributed by atoms with Gasteiger partial charge < -0.3 is 15.0 Å². The standard InChI is InChI=1S/C20H15BrN4O2/c1-27-14-4-2-12(3-5-14)15-6-7-22-11-18(15)25-20(26)17-10-24-19-16(17)8-13(21)9-23-19/h2-11H,1H3,(H,23,24)(H,25,26). The van der Waals surface area contributed by atoms with E-state index in [9.17, 15) is 4.79 Å². The van der Waals surface area contributed by atoms with Gasteiger partial charge in [-0.1, -0.05) is 12.1 Å². The van der Waals surface area contributed by atoms with Gasteiger partial charge in [0.05, 0.1) is 24.6 Å². The predicted octanol–water partition coefficient (Wildman–Crippen LogP) is 4.65. The summed E-state index contributed by atoms with van der Waals surface area (Å²) < 4.78 is 6.01. The number of pyridine rings is 2. The quantitative estimate of drug-likeness (QED) is 0.501. The Morgan fingerprint density at radius 2 is 2.00 bits per heavy atom. The van der Waals surface area contributed by atoms with Crippen molar-refractivity contribution < 1.29 is 9.53 Å². The maximum atomic E-state index is 12.9. The van der Waals surface area contributed by atoms with Crippen LogP contribution in [0.25, 0.3) is 22.2 Å². The van der Waals surface area contributed by atoms with Gasteiger partial charge in [0.2, 0.25) is 0 Å². The average Bonchev–Trinajstić information content (AvgIpc) is 3.11. The number of aromatic amines is 1. The van der Waals surface area contributed by atoms with Crippen LogP contribution >= 0.6 is 15.9 Å². The molecule has 0 fully saturated rings. The summed E-state index contributed by atoms with van der Waals surface area (Å²) in [7, 11) is 1.63. The van der Waals surface area contributed by atoms with Gasteiger partial charge in [0.1, 0.15) is 11.4 Å². The van der Waals surface area contributed by atoms with Crippen molar-refractivity contribution in [1.29, 1.82) is 0 Å². The molecule has 0 saturated heterocycles. The van der Waals surface area contributed by atoms with Crippen LogP contribution in [-0.4, -0.2) is 28.0 Å². The van der Waals surface area contributed by atoms with Crippen molar-refractivity contribution in [3.05, 3.63) is 71.2 Å². The SMILES string of the molecule is COc1ccc(-c2ccncc2NC(=O)c2c[nH]c3ncc(Br)cc23)cc1. The minimum Gasteiger partial charge on any atom is -0.497 e. The van der Waals surface area contributed by atoms with Crippen LogP contribution in [0.3, 0.4) is 0 Å². The number of amides is 1. The number of H-pyrrole nitrogens is 1. The van der Waals surface area contributed by atoms with Gasteiger partial charge in [-0.25, -0.2) is 4.98 Å². The highest BCUT2D eigenvalue weighted by molar-refractivity contribution is 9.10. The topological polar surface area (TPSA) is 79.9 Å². The van der Waals surface area contributed by atoms with Crippen molar-refractivity contribution in [3.8, 4) is 16.9 Å². The summed E-state index contributed by atoms with van der Waals surface area (Å²) in [4.78, 5) is 24.3. The van der Waals surface area contributed by atoms with Crippen LogP contribution < -0.4 is 10.1 Å². The fourth-order valence-corrected chi connectivity index (χ4v) is 3.20. The molecule has 1 aromatic carbocycles. The van der Waals surface area contributed by atoms with Crippen LogP contribution in [0.15, 0.2) is 65.7 Å². The number of nitrogens with one attached hydrogen (secondary N) is 2. The van der Waals surface area contributed by atoms with Crippen molar-refractivity contribution in [2.45, 2.75) is 0 Å². The molecule has 0 bridgehead atoms. The van der Waals surface area contributed by atoms with Gasteiger partial charge in [0.15, 0.2) is 0 Å². The molecule has 3 aromatic heterocycles. The minimum absolute atomic E-state index is 0.232. The highest BCUT2D eigenvalue weighted by atomic mass is 79.9. The molecular formula is C20H15BrN4O2. The fraction of sp³-hybridized carbons (Fsp3) is 0.0500. The molecule has 3 heterocycles. The van der Waals surface area contributed by atoms with E-state index in [2.05, 4.69) is 36.2 Å². The predicted molar refractivity (Wildman–Crippen MR) is 108 cm³/mol. The largest absolute Gasteiger partial charge is 0.497 e. The van der Waals surface area contributed by atoms with Crippen molar-refractivity contribution in [2.75, 3.05) is 12.4 Å². The highest BCUT2D eigenvalue weighted by Gasteiger charge is 2.15. The van der Waals surface area contributed by atoms with Gasteiger partial charge in [-0.2, -0.15) is 0 Å². The first kappa shape index (κ1) is 17.2. The molecule has 27 heavy (non-hydrogen) atoms. The van der Waals surface area contributed by atoms with E-state index < -0.39 is 0 Å². The van der Waals surface area contributed by atoms with Gasteiger partial charge in [-0.05, 0) is 45.8 Å². The Kier molecular flexibility index (Phi) is 4.60. The molecule has 0 atom stereocenters. The number of carbonyl (C=O) groups excluding carboxylic acids is 1. The van der Waals surface area contributed by atoms with Gasteiger partial charge in [0.25, 0.3) is 5.91 Å². The second kappa shape index (κ2) is 7.20. The summed E-state index contributed by atoms with van der Waals surface area (Å²) >= 11 is 3.39. The summed E-state index contributed by atoms with van der Waals surface area (Å²) in [6.45, 7) is 0. The van der Waals surface area contributed by atoms with Crippen molar-refractivity contribution >= 4 is 38.6 Å². The Labute approximate surface area is 163 Å². The van der Waals surface area contributed by atoms with E-state index in [0.29, 0.717) is 16.9 Å². The number of halogens is 1. The minimum atomic E-state index is -0.232. The number of ether oxygens (including phenoxy) is 1. The van der Waals surface area contributed by atoms with E-state index in [0.717, 1.165) is 26.7 Å². The Morgan fingerprint density at radius 1 is 1.19 bits per heavy atom. The summed E-state index contributed by atoms with van der Waals surface area (Å²) in [5.74, 6) is 0.541. The van der Waals surface area contributed by atoms with Gasteiger partial charge >= 0.3 is 0 Å². The molecule has 0 spiro atoms. The lowest BCUT2D eigenvalue weighted by atomic mass is 10.0. The maximum absolute atomic E-state index is 12.9. The number of hydrogen-bond acceptors (Lipinski definition) is 4. The van der Waals surface area contributed by atoms with E-state index in [1.165, 1.54) is 0 Å². The van der Waals surface area contributed by atoms with Gasteiger partial charge in [-0.15, -0.1) is 0 Å². The molecule has 0 radical (unpaired) electrons. The molecule has 1 amide bonds. The summed E-state index contributed by atoms with van der Waals surface area (Å²) in [6, 6.07) is 11.4. The number of rotatable bonds is 4. The molecule has 7 heteroatoms. The lowest BCUT2D eigenvalue weighted by molar-refractivity contribution is 0.102. The van der Waals surface area contributed by atoms with Crippen LogP contribution in [-0.2, 0) is 0 Å². The normalized spacial score (nSPS) is 10.7. The molecule has 0 aliphatic rings. The first-order valence-electron chi connectivity index (χ1n) is 8.18. The third-order valence-corrected chi connectivity index (χ3v) is 4.65. The Balaban J connectivity index is 1.68. The molecular weight excluding hydrogens is 408 g/mol. The van der Waals surface area contributed by atoms with Crippen molar-refractivity contribution in [2.24, 2.45) is 0 Å². The molecule has 2 N–H and O–H groups in total. The summed E-state index contributed by atoms with van der Waals surface area (Å²) in [5.41, 5.74) is 3.63. The van der Waals surface area contributed by atoms with Crippen molar-refractivity contribution in [3.63, 3.8) is 0 Å². The van der Waals surface area contributed by atoms with Crippen LogP contribution in [0.2, 0.25) is 0 Å². The smallest absolute Gasteiger partial charge is 0.257 e. The molecule has 134 valence electrons. The van der Waals surface area contributed by atoms with Crippen LogP contribution in [0.5, 0.6) is 5.75 Å². The zero-order valence-electron chi connectivity index (χ0n) is 14.4.